The first-order valence-corrected chi connectivity index (χ1v) is 10.8. The molecule has 4 heterocycles. The van der Waals surface area contributed by atoms with E-state index >= 15 is 0 Å². The largest absolute Gasteiger partial charge is 0.507 e. The third-order valence-corrected chi connectivity index (χ3v) is 6.62. The van der Waals surface area contributed by atoms with Crippen molar-refractivity contribution in [3.63, 3.8) is 0 Å². The molecule has 2 saturated heterocycles. The molecule has 162 valence electrons. The summed E-state index contributed by atoms with van der Waals surface area (Å²) in [6.45, 7) is 2.82. The van der Waals surface area contributed by atoms with Gasteiger partial charge in [0.05, 0.1) is 30.3 Å². The SMILES string of the molecule is CCn1cc(-c2ccc(-c3cnc(N(C)[C@H]4C[C@@H]5CC[C@@H](N5)[C@H]4F)cn3)c(O)c2)cn1. The summed E-state index contributed by atoms with van der Waals surface area (Å²) < 4.78 is 16.7. The van der Waals surface area contributed by atoms with Gasteiger partial charge in [0.2, 0.25) is 0 Å². The highest BCUT2D eigenvalue weighted by Gasteiger charge is 2.43. The van der Waals surface area contributed by atoms with E-state index in [4.69, 9.17) is 0 Å². The number of halogens is 1. The van der Waals surface area contributed by atoms with Crippen molar-refractivity contribution < 1.29 is 9.50 Å². The number of hydrogen-bond donors (Lipinski definition) is 2. The first-order valence-electron chi connectivity index (χ1n) is 10.8. The summed E-state index contributed by atoms with van der Waals surface area (Å²) in [5, 5.41) is 18.2. The van der Waals surface area contributed by atoms with Gasteiger partial charge in [-0.15, -0.1) is 0 Å². The number of phenols is 1. The Kier molecular flexibility index (Phi) is 5.09. The first kappa shape index (κ1) is 19.9. The van der Waals surface area contributed by atoms with Crippen molar-refractivity contribution in [1.29, 1.82) is 0 Å². The minimum atomic E-state index is -0.918. The number of phenolic OH excluding ortho intramolecular Hbond substituents is 1. The molecular formula is C23H27FN6O. The molecule has 4 atom stereocenters. The number of benzene rings is 1. The molecule has 0 radical (unpaired) electrons. The number of fused-ring (bicyclic) bond motifs is 2. The summed E-state index contributed by atoms with van der Waals surface area (Å²) in [7, 11) is 1.88. The van der Waals surface area contributed by atoms with Gasteiger partial charge in [-0.2, -0.15) is 5.10 Å². The van der Waals surface area contributed by atoms with E-state index in [-0.39, 0.29) is 17.8 Å². The fourth-order valence-electron chi connectivity index (χ4n) is 4.77. The fourth-order valence-corrected chi connectivity index (χ4v) is 4.77. The molecule has 7 nitrogen and oxygen atoms in total. The zero-order chi connectivity index (χ0) is 21.5. The number of aryl methyl sites for hydroxylation is 1. The summed E-state index contributed by atoms with van der Waals surface area (Å²) >= 11 is 0. The number of aromatic hydroxyl groups is 1. The lowest BCUT2D eigenvalue weighted by Crippen LogP contribution is -2.55. The average molecular weight is 423 g/mol. The molecule has 5 rings (SSSR count). The fraction of sp³-hybridized carbons (Fsp3) is 0.435. The van der Waals surface area contributed by atoms with Crippen LogP contribution < -0.4 is 10.2 Å². The maximum Gasteiger partial charge on any atom is 0.147 e. The number of nitrogens with one attached hydrogen (secondary N) is 1. The van der Waals surface area contributed by atoms with Gasteiger partial charge in [0, 0.05) is 43.0 Å². The summed E-state index contributed by atoms with van der Waals surface area (Å²) in [4.78, 5) is 10.9. The summed E-state index contributed by atoms with van der Waals surface area (Å²) in [5.41, 5.74) is 3.02. The lowest BCUT2D eigenvalue weighted by Gasteiger charge is -2.38. The van der Waals surface area contributed by atoms with E-state index in [9.17, 15) is 9.50 Å². The van der Waals surface area contributed by atoms with Crippen molar-refractivity contribution in [2.24, 2.45) is 0 Å². The molecule has 2 aliphatic heterocycles. The molecule has 2 aromatic heterocycles. The number of anilines is 1. The van der Waals surface area contributed by atoms with E-state index in [2.05, 4.69) is 20.4 Å². The number of nitrogens with zero attached hydrogens (tertiary/aromatic N) is 5. The molecule has 2 N–H and O–H groups in total. The lowest BCUT2D eigenvalue weighted by atomic mass is 9.96. The Hall–Kier alpha value is -3.00. The second kappa shape index (κ2) is 7.92. The molecule has 2 aliphatic rings. The normalized spacial score (nSPS) is 25.0. The van der Waals surface area contributed by atoms with Crippen molar-refractivity contribution >= 4 is 5.82 Å². The van der Waals surface area contributed by atoms with Gasteiger partial charge in [-0.3, -0.25) is 9.67 Å². The molecular weight excluding hydrogens is 395 g/mol. The zero-order valence-electron chi connectivity index (χ0n) is 17.7. The molecule has 1 aromatic carbocycles. The quantitative estimate of drug-likeness (QED) is 0.656. The molecule has 8 heteroatoms. The molecule has 3 aromatic rings. The van der Waals surface area contributed by atoms with E-state index in [0.29, 0.717) is 23.1 Å². The number of hydrogen-bond acceptors (Lipinski definition) is 6. The Balaban J connectivity index is 1.35. The van der Waals surface area contributed by atoms with E-state index in [1.165, 1.54) is 0 Å². The van der Waals surface area contributed by atoms with Crippen LogP contribution in [-0.2, 0) is 6.54 Å². The molecule has 2 fully saturated rings. The minimum absolute atomic E-state index is 0.0571. The molecule has 0 aliphatic carbocycles. The maximum absolute atomic E-state index is 14.9. The predicted octanol–water partition coefficient (Wildman–Crippen LogP) is 3.40. The Morgan fingerprint density at radius 3 is 2.77 bits per heavy atom. The van der Waals surface area contributed by atoms with E-state index in [0.717, 1.165) is 36.9 Å². The molecule has 0 spiro atoms. The van der Waals surface area contributed by atoms with Crippen LogP contribution in [0.15, 0.2) is 43.0 Å². The van der Waals surface area contributed by atoms with Crippen molar-refractivity contribution in [3.05, 3.63) is 43.0 Å². The standard InChI is InChI=1S/C23H27FN6O/c1-3-30-13-15(10-27-30)14-4-6-17(21(31)8-14)19-11-26-22(12-25-19)29(2)20-9-16-5-7-18(28-16)23(20)24/h4,6,8,10-13,16,18,20,23,28,31H,3,5,7,9H2,1-2H3/t16-,18+,20-,23+/m0/s1. The van der Waals surface area contributed by atoms with Crippen molar-refractivity contribution in [2.45, 2.75) is 57.0 Å². The van der Waals surface area contributed by atoms with Gasteiger partial charge in [-0.05, 0) is 43.9 Å². The van der Waals surface area contributed by atoms with Gasteiger partial charge in [0.15, 0.2) is 0 Å². The molecule has 0 amide bonds. The van der Waals surface area contributed by atoms with Gasteiger partial charge in [0.25, 0.3) is 0 Å². The molecule has 31 heavy (non-hydrogen) atoms. The molecule has 0 saturated carbocycles. The summed E-state index contributed by atoms with van der Waals surface area (Å²) in [6, 6.07) is 5.62. The third kappa shape index (κ3) is 3.65. The second-order valence-electron chi connectivity index (χ2n) is 8.48. The van der Waals surface area contributed by atoms with E-state index < -0.39 is 6.17 Å². The summed E-state index contributed by atoms with van der Waals surface area (Å²) in [5.74, 6) is 0.775. The second-order valence-corrected chi connectivity index (χ2v) is 8.48. The first-order chi connectivity index (χ1) is 15.0. The van der Waals surface area contributed by atoms with Crippen LogP contribution in [0.5, 0.6) is 5.75 Å². The number of aromatic nitrogens is 4. The van der Waals surface area contributed by atoms with Crippen LogP contribution in [0, 0.1) is 0 Å². The van der Waals surface area contributed by atoms with Crippen molar-refractivity contribution in [1.82, 2.24) is 25.1 Å². The number of alkyl halides is 1. The van der Waals surface area contributed by atoms with Gasteiger partial charge in [0.1, 0.15) is 17.7 Å². The molecule has 0 unspecified atom stereocenters. The monoisotopic (exact) mass is 422 g/mol. The van der Waals surface area contributed by atoms with Gasteiger partial charge >= 0.3 is 0 Å². The number of rotatable bonds is 5. The van der Waals surface area contributed by atoms with E-state index in [1.54, 1.807) is 24.7 Å². The van der Waals surface area contributed by atoms with Crippen LogP contribution in [0.4, 0.5) is 10.2 Å². The Labute approximate surface area is 180 Å². The van der Waals surface area contributed by atoms with Crippen LogP contribution in [0.25, 0.3) is 22.4 Å². The third-order valence-electron chi connectivity index (χ3n) is 6.62. The van der Waals surface area contributed by atoms with Crippen LogP contribution in [0.2, 0.25) is 0 Å². The summed E-state index contributed by atoms with van der Waals surface area (Å²) in [6.07, 6.45) is 8.82. The highest BCUT2D eigenvalue weighted by atomic mass is 19.1. The predicted molar refractivity (Wildman–Crippen MR) is 118 cm³/mol. The maximum atomic E-state index is 14.9. The minimum Gasteiger partial charge on any atom is -0.507 e. The Morgan fingerprint density at radius 1 is 1.19 bits per heavy atom. The lowest BCUT2D eigenvalue weighted by molar-refractivity contribution is 0.176. The Morgan fingerprint density at radius 2 is 2.06 bits per heavy atom. The zero-order valence-corrected chi connectivity index (χ0v) is 17.7. The van der Waals surface area contributed by atoms with Crippen LogP contribution >= 0.6 is 0 Å². The topological polar surface area (TPSA) is 79.1 Å². The van der Waals surface area contributed by atoms with Crippen molar-refractivity contribution in [2.75, 3.05) is 11.9 Å². The smallest absolute Gasteiger partial charge is 0.147 e. The highest BCUT2D eigenvalue weighted by molar-refractivity contribution is 5.73. The van der Waals surface area contributed by atoms with Crippen molar-refractivity contribution in [3.8, 4) is 28.1 Å². The highest BCUT2D eigenvalue weighted by Crippen LogP contribution is 2.35. The van der Waals surface area contributed by atoms with Gasteiger partial charge in [-0.1, -0.05) is 6.07 Å². The number of piperidine rings is 1. The van der Waals surface area contributed by atoms with Crippen LogP contribution in [0.1, 0.15) is 26.2 Å². The van der Waals surface area contributed by atoms with Crippen LogP contribution in [-0.4, -0.2) is 56.2 Å². The molecule has 2 bridgehead atoms. The Bertz CT molecular complexity index is 1070. The van der Waals surface area contributed by atoms with E-state index in [1.807, 2.05) is 41.9 Å². The van der Waals surface area contributed by atoms with Gasteiger partial charge < -0.3 is 15.3 Å². The van der Waals surface area contributed by atoms with Crippen LogP contribution in [0.3, 0.4) is 0 Å². The average Bonchev–Trinajstić information content (AvgIpc) is 3.43. The van der Waals surface area contributed by atoms with Gasteiger partial charge in [-0.25, -0.2) is 9.37 Å².